The van der Waals surface area contributed by atoms with E-state index in [-0.39, 0.29) is 40.1 Å². The van der Waals surface area contributed by atoms with Gasteiger partial charge >= 0.3 is 5.97 Å². The van der Waals surface area contributed by atoms with E-state index in [4.69, 9.17) is 9.47 Å². The summed E-state index contributed by atoms with van der Waals surface area (Å²) in [6, 6.07) is 0. The molecule has 1 aliphatic heterocycles. The zero-order valence-electron chi connectivity index (χ0n) is 28.2. The number of ether oxygens (including phenoxy) is 2. The van der Waals surface area contributed by atoms with Crippen LogP contribution in [0.5, 0.6) is 0 Å². The van der Waals surface area contributed by atoms with Crippen LogP contribution in [-0.2, 0) is 14.3 Å². The van der Waals surface area contributed by atoms with Gasteiger partial charge in [0.1, 0.15) is 24.4 Å². The molecule has 0 unspecified atom stereocenters. The van der Waals surface area contributed by atoms with Crippen LogP contribution in [-0.4, -0.2) is 86.6 Å². The number of rotatable bonds is 5. The van der Waals surface area contributed by atoms with Gasteiger partial charge in [0.15, 0.2) is 6.29 Å². The summed E-state index contributed by atoms with van der Waals surface area (Å²) in [4.78, 5) is 12.9. The van der Waals surface area contributed by atoms with Crippen LogP contribution < -0.4 is 0 Å². The number of carboxylic acids is 1. The molecular formula is C36H58O9. The van der Waals surface area contributed by atoms with E-state index in [0.29, 0.717) is 12.3 Å². The lowest BCUT2D eigenvalue weighted by Crippen LogP contribution is -2.67. The van der Waals surface area contributed by atoms with Crippen molar-refractivity contribution in [1.82, 2.24) is 0 Å². The summed E-state index contributed by atoms with van der Waals surface area (Å²) in [5, 5.41) is 62.7. The molecule has 9 nitrogen and oxygen atoms in total. The smallest absolute Gasteiger partial charge is 0.310 e. The molecule has 6 aliphatic rings. The molecule has 4 saturated carbocycles. The number of allylic oxidation sites excluding steroid dienone is 2. The minimum atomic E-state index is -1.51. The second-order valence-electron chi connectivity index (χ2n) is 17.7. The van der Waals surface area contributed by atoms with Crippen LogP contribution >= 0.6 is 0 Å². The van der Waals surface area contributed by atoms with Gasteiger partial charge in [-0.3, -0.25) is 4.79 Å². The molecule has 0 aromatic carbocycles. The average molecular weight is 635 g/mol. The van der Waals surface area contributed by atoms with Gasteiger partial charge in [-0.1, -0.05) is 53.2 Å². The fourth-order valence-corrected chi connectivity index (χ4v) is 12.2. The predicted molar refractivity (Wildman–Crippen MR) is 167 cm³/mol. The molecule has 0 bridgehead atoms. The lowest BCUT2D eigenvalue weighted by atomic mass is 9.33. The van der Waals surface area contributed by atoms with Crippen molar-refractivity contribution in [2.75, 3.05) is 13.2 Å². The van der Waals surface area contributed by atoms with E-state index in [2.05, 4.69) is 47.6 Å². The molecule has 9 heteroatoms. The summed E-state index contributed by atoms with van der Waals surface area (Å²) in [5.74, 6) is -0.0763. The van der Waals surface area contributed by atoms with Crippen LogP contribution in [0.2, 0.25) is 0 Å². The third-order valence-electron chi connectivity index (χ3n) is 15.3. The summed E-state index contributed by atoms with van der Waals surface area (Å²) < 4.78 is 12.1. The van der Waals surface area contributed by atoms with Crippen LogP contribution in [0.25, 0.3) is 0 Å². The monoisotopic (exact) mass is 634 g/mol. The van der Waals surface area contributed by atoms with E-state index in [1.165, 1.54) is 5.57 Å². The highest BCUT2D eigenvalue weighted by Crippen LogP contribution is 2.76. The van der Waals surface area contributed by atoms with Gasteiger partial charge in [-0.15, -0.1) is 0 Å². The van der Waals surface area contributed by atoms with Crippen molar-refractivity contribution in [3.05, 3.63) is 11.6 Å². The normalized spacial score (nSPS) is 54.1. The third kappa shape index (κ3) is 4.61. The fourth-order valence-electron chi connectivity index (χ4n) is 12.2. The Balaban J connectivity index is 1.31. The molecule has 5 fully saturated rings. The number of aliphatic hydroxyl groups excluding tert-OH is 5. The van der Waals surface area contributed by atoms with Crippen molar-refractivity contribution in [2.45, 2.75) is 143 Å². The Kier molecular flexibility index (Phi) is 8.25. The van der Waals surface area contributed by atoms with Gasteiger partial charge in [-0.2, -0.15) is 0 Å². The molecule has 1 heterocycles. The van der Waals surface area contributed by atoms with Crippen LogP contribution in [0.15, 0.2) is 11.6 Å². The van der Waals surface area contributed by atoms with Gasteiger partial charge in [0, 0.05) is 5.41 Å². The summed E-state index contributed by atoms with van der Waals surface area (Å²) in [6.45, 7) is 13.3. The van der Waals surface area contributed by atoms with Gasteiger partial charge in [0.25, 0.3) is 0 Å². The van der Waals surface area contributed by atoms with Crippen molar-refractivity contribution < 1.29 is 44.9 Å². The second kappa shape index (κ2) is 11.0. The van der Waals surface area contributed by atoms with Crippen molar-refractivity contribution in [3.63, 3.8) is 0 Å². The molecule has 45 heavy (non-hydrogen) atoms. The molecule has 0 radical (unpaired) electrons. The molecule has 14 atom stereocenters. The molecule has 0 aromatic heterocycles. The Morgan fingerprint density at radius 1 is 0.889 bits per heavy atom. The van der Waals surface area contributed by atoms with E-state index in [1.54, 1.807) is 0 Å². The van der Waals surface area contributed by atoms with Gasteiger partial charge in [-0.25, -0.2) is 0 Å². The quantitative estimate of drug-likeness (QED) is 0.194. The highest BCUT2D eigenvalue weighted by atomic mass is 16.7. The fraction of sp³-hybridized carbons (Fsp3) is 0.917. The SMILES string of the molecule is CC1(C)CC[C@]2(C(=O)O)CC[C@]3(C)C(=CC[C@@H]4[C@@]5(C)CC[C@H](O[C@@H]6O[C@H](CO)[C@@H](O)[C@H](O)[C@H]6O)[C@](C)(CO)[C@@H]5CC[C@]43C)[C@@H]2C1. The highest BCUT2D eigenvalue weighted by Gasteiger charge is 2.70. The van der Waals surface area contributed by atoms with E-state index in [0.717, 1.165) is 57.8 Å². The van der Waals surface area contributed by atoms with E-state index >= 15 is 0 Å². The Morgan fingerprint density at radius 2 is 1.58 bits per heavy atom. The average Bonchev–Trinajstić information content (AvgIpc) is 2.98. The Labute approximate surface area is 268 Å². The Bertz CT molecular complexity index is 1200. The predicted octanol–water partition coefficient (Wildman–Crippen LogP) is 4.03. The van der Waals surface area contributed by atoms with Crippen LogP contribution in [0.4, 0.5) is 0 Å². The van der Waals surface area contributed by atoms with Crippen molar-refractivity contribution >= 4 is 5.97 Å². The first-order chi connectivity index (χ1) is 20.9. The molecule has 1 saturated heterocycles. The lowest BCUT2D eigenvalue weighted by molar-refractivity contribution is -0.333. The molecular weight excluding hydrogens is 576 g/mol. The van der Waals surface area contributed by atoms with Gasteiger partial charge < -0.3 is 40.1 Å². The standard InChI is InChI=1S/C36H58O9/c1-31(2)13-15-36(30(42)43)16-14-34(5)20(21(36)17-31)7-8-24-32(3)11-10-25(33(4,19-38)23(32)9-12-35(24,34)6)45-29-28(41)27(40)26(39)22(18-37)44-29/h7,21-29,37-41H,8-19H2,1-6H3,(H,42,43)/t21-,22+,23+,24+,25-,26+,27-,28+,29-,32-,33+,34+,35+,36-/m0/s1. The van der Waals surface area contributed by atoms with Crippen LogP contribution in [0.3, 0.4) is 0 Å². The summed E-state index contributed by atoms with van der Waals surface area (Å²) in [6.07, 6.45) is 3.78. The first-order valence-corrected chi connectivity index (χ1v) is 17.4. The number of hydrogen-bond donors (Lipinski definition) is 6. The molecule has 6 N–H and O–H groups in total. The minimum absolute atomic E-state index is 0.0179. The number of aliphatic carboxylic acids is 1. The van der Waals surface area contributed by atoms with Gasteiger partial charge in [-0.05, 0) is 104 Å². The van der Waals surface area contributed by atoms with E-state index < -0.39 is 60.2 Å². The minimum Gasteiger partial charge on any atom is -0.481 e. The maximum Gasteiger partial charge on any atom is 0.310 e. The molecule has 6 rings (SSSR count). The zero-order chi connectivity index (χ0) is 33.0. The Morgan fingerprint density at radius 3 is 2.22 bits per heavy atom. The summed E-state index contributed by atoms with van der Waals surface area (Å²) in [7, 11) is 0. The zero-order valence-corrected chi connectivity index (χ0v) is 28.2. The summed E-state index contributed by atoms with van der Waals surface area (Å²) >= 11 is 0. The van der Waals surface area contributed by atoms with Crippen molar-refractivity contribution in [1.29, 1.82) is 0 Å². The molecule has 5 aliphatic carbocycles. The largest absolute Gasteiger partial charge is 0.481 e. The number of carboxylic acid groups (broad SMARTS) is 1. The van der Waals surface area contributed by atoms with Gasteiger partial charge in [0.2, 0.25) is 0 Å². The highest BCUT2D eigenvalue weighted by molar-refractivity contribution is 5.76. The molecule has 256 valence electrons. The molecule has 0 amide bonds. The number of aliphatic hydroxyl groups is 5. The van der Waals surface area contributed by atoms with Gasteiger partial charge in [0.05, 0.1) is 24.7 Å². The first-order valence-electron chi connectivity index (χ1n) is 17.4. The maximum atomic E-state index is 12.9. The molecule has 0 spiro atoms. The number of hydrogen-bond acceptors (Lipinski definition) is 8. The topological polar surface area (TPSA) is 157 Å². The number of carbonyl (C=O) groups is 1. The summed E-state index contributed by atoms with van der Waals surface area (Å²) in [5.41, 5.74) is -0.00794. The Hall–Kier alpha value is -1.07. The van der Waals surface area contributed by atoms with Crippen molar-refractivity contribution in [2.24, 2.45) is 50.2 Å². The van der Waals surface area contributed by atoms with Crippen molar-refractivity contribution in [3.8, 4) is 0 Å². The van der Waals surface area contributed by atoms with Crippen LogP contribution in [0.1, 0.15) is 106 Å². The lowest BCUT2D eigenvalue weighted by Gasteiger charge is -2.71. The number of fused-ring (bicyclic) bond motifs is 7. The van der Waals surface area contributed by atoms with Crippen LogP contribution in [0, 0.1) is 50.2 Å². The van der Waals surface area contributed by atoms with E-state index in [1.807, 2.05) is 0 Å². The van der Waals surface area contributed by atoms with E-state index in [9.17, 15) is 35.4 Å². The third-order valence-corrected chi connectivity index (χ3v) is 15.3. The molecule has 0 aromatic rings. The first kappa shape index (κ1) is 33.8. The maximum absolute atomic E-state index is 12.9. The second-order valence-corrected chi connectivity index (χ2v) is 17.7.